The molecule has 0 bridgehead atoms. The van der Waals surface area contributed by atoms with Crippen LogP contribution in [0.3, 0.4) is 0 Å². The summed E-state index contributed by atoms with van der Waals surface area (Å²) in [5, 5.41) is 0. The molecule has 0 saturated heterocycles. The van der Waals surface area contributed by atoms with Crippen molar-refractivity contribution in [2.24, 2.45) is 0 Å². The molecule has 0 atom stereocenters. The van der Waals surface area contributed by atoms with Crippen LogP contribution in [0.15, 0.2) is 0 Å². The zero-order valence-electron chi connectivity index (χ0n) is 12.5. The molecule has 102 valence electrons. The standard InChI is InChI=1S/C14H30N2O/c1-7-15(8-2)13(17)11-12-14(5,6)16(9-3)10-4/h7-12H2,1-6H3. The molecule has 0 unspecified atom stereocenters. The molecule has 0 radical (unpaired) electrons. The van der Waals surface area contributed by atoms with Crippen molar-refractivity contribution in [3.63, 3.8) is 0 Å². The number of rotatable bonds is 8. The Hall–Kier alpha value is -0.570. The highest BCUT2D eigenvalue weighted by molar-refractivity contribution is 5.76. The van der Waals surface area contributed by atoms with Crippen molar-refractivity contribution in [2.45, 2.75) is 59.9 Å². The molecule has 0 heterocycles. The lowest BCUT2D eigenvalue weighted by Crippen LogP contribution is -2.44. The monoisotopic (exact) mass is 242 g/mol. The third kappa shape index (κ3) is 5.07. The Bertz CT molecular complexity index is 218. The van der Waals surface area contributed by atoms with Crippen LogP contribution in [0.4, 0.5) is 0 Å². The lowest BCUT2D eigenvalue weighted by atomic mass is 9.95. The SMILES string of the molecule is CCN(CC)C(=O)CCC(C)(C)N(CC)CC. The highest BCUT2D eigenvalue weighted by Gasteiger charge is 2.25. The van der Waals surface area contributed by atoms with Crippen molar-refractivity contribution in [3.05, 3.63) is 0 Å². The minimum absolute atomic E-state index is 0.117. The molecule has 0 aromatic heterocycles. The van der Waals surface area contributed by atoms with Gasteiger partial charge in [0.15, 0.2) is 0 Å². The van der Waals surface area contributed by atoms with Crippen LogP contribution in [-0.2, 0) is 4.79 Å². The molecule has 0 aliphatic rings. The molecule has 0 spiro atoms. The Morgan fingerprint density at radius 2 is 1.41 bits per heavy atom. The average Bonchev–Trinajstić information content (AvgIpc) is 2.29. The fourth-order valence-corrected chi connectivity index (χ4v) is 2.39. The maximum Gasteiger partial charge on any atom is 0.222 e. The maximum absolute atomic E-state index is 12.0. The van der Waals surface area contributed by atoms with Crippen LogP contribution in [0, 0.1) is 0 Å². The van der Waals surface area contributed by atoms with E-state index in [2.05, 4.69) is 32.6 Å². The lowest BCUT2D eigenvalue weighted by molar-refractivity contribution is -0.131. The number of carbonyl (C=O) groups excluding carboxylic acids is 1. The fourth-order valence-electron chi connectivity index (χ4n) is 2.39. The van der Waals surface area contributed by atoms with Crippen molar-refractivity contribution in [1.82, 2.24) is 9.80 Å². The first-order chi connectivity index (χ1) is 7.92. The molecule has 3 heteroatoms. The number of hydrogen-bond acceptors (Lipinski definition) is 2. The van der Waals surface area contributed by atoms with Crippen molar-refractivity contribution < 1.29 is 4.79 Å². The molecule has 0 fully saturated rings. The average molecular weight is 242 g/mol. The summed E-state index contributed by atoms with van der Waals surface area (Å²) < 4.78 is 0. The van der Waals surface area contributed by atoms with E-state index in [-0.39, 0.29) is 11.4 Å². The Morgan fingerprint density at radius 1 is 0.941 bits per heavy atom. The smallest absolute Gasteiger partial charge is 0.222 e. The van der Waals surface area contributed by atoms with Crippen LogP contribution in [0.5, 0.6) is 0 Å². The number of hydrogen-bond donors (Lipinski definition) is 0. The molecule has 0 aromatic rings. The van der Waals surface area contributed by atoms with Crippen LogP contribution in [0.25, 0.3) is 0 Å². The summed E-state index contributed by atoms with van der Waals surface area (Å²) in [6, 6.07) is 0. The third-order valence-corrected chi connectivity index (χ3v) is 3.69. The molecule has 0 aliphatic carbocycles. The summed E-state index contributed by atoms with van der Waals surface area (Å²) in [5.74, 6) is 0.287. The lowest BCUT2D eigenvalue weighted by Gasteiger charge is -2.37. The Kier molecular flexibility index (Phi) is 7.44. The van der Waals surface area contributed by atoms with Crippen LogP contribution in [0.2, 0.25) is 0 Å². The topological polar surface area (TPSA) is 23.6 Å². The van der Waals surface area contributed by atoms with E-state index in [0.29, 0.717) is 6.42 Å². The van der Waals surface area contributed by atoms with Crippen molar-refractivity contribution in [1.29, 1.82) is 0 Å². The van der Waals surface area contributed by atoms with Crippen molar-refractivity contribution in [2.75, 3.05) is 26.2 Å². The van der Waals surface area contributed by atoms with Gasteiger partial charge in [-0.3, -0.25) is 9.69 Å². The Balaban J connectivity index is 4.30. The number of carbonyl (C=O) groups is 1. The van der Waals surface area contributed by atoms with Gasteiger partial charge in [-0.15, -0.1) is 0 Å². The first-order valence-corrected chi connectivity index (χ1v) is 6.95. The van der Waals surface area contributed by atoms with Crippen LogP contribution in [0.1, 0.15) is 54.4 Å². The first kappa shape index (κ1) is 16.4. The van der Waals surface area contributed by atoms with E-state index in [4.69, 9.17) is 0 Å². The summed E-state index contributed by atoms with van der Waals surface area (Å²) in [6.45, 7) is 16.6. The van der Waals surface area contributed by atoms with Crippen LogP contribution in [-0.4, -0.2) is 47.4 Å². The number of nitrogens with zero attached hydrogens (tertiary/aromatic N) is 2. The summed E-state index contributed by atoms with van der Waals surface area (Å²) in [7, 11) is 0. The molecule has 0 aliphatic heterocycles. The largest absolute Gasteiger partial charge is 0.343 e. The second-order valence-electron chi connectivity index (χ2n) is 5.05. The zero-order chi connectivity index (χ0) is 13.5. The number of amides is 1. The van der Waals surface area contributed by atoms with Gasteiger partial charge in [-0.05, 0) is 47.2 Å². The van der Waals surface area contributed by atoms with E-state index in [1.807, 2.05) is 18.7 Å². The highest BCUT2D eigenvalue weighted by Crippen LogP contribution is 2.20. The zero-order valence-corrected chi connectivity index (χ0v) is 12.5. The second kappa shape index (κ2) is 7.70. The minimum atomic E-state index is 0.117. The molecule has 0 aromatic carbocycles. The van der Waals surface area contributed by atoms with Crippen LogP contribution >= 0.6 is 0 Å². The molecule has 17 heavy (non-hydrogen) atoms. The minimum Gasteiger partial charge on any atom is -0.343 e. The molecular weight excluding hydrogens is 212 g/mol. The molecule has 0 saturated carbocycles. The molecular formula is C14H30N2O. The van der Waals surface area contributed by atoms with Gasteiger partial charge in [-0.2, -0.15) is 0 Å². The molecule has 3 nitrogen and oxygen atoms in total. The summed E-state index contributed by atoms with van der Waals surface area (Å²) >= 11 is 0. The summed E-state index contributed by atoms with van der Waals surface area (Å²) in [4.78, 5) is 16.3. The van der Waals surface area contributed by atoms with Crippen molar-refractivity contribution >= 4 is 5.91 Å². The van der Waals surface area contributed by atoms with Crippen molar-refractivity contribution in [3.8, 4) is 0 Å². The predicted octanol–water partition coefficient (Wildman–Crippen LogP) is 2.76. The van der Waals surface area contributed by atoms with Gasteiger partial charge < -0.3 is 4.90 Å². The van der Waals surface area contributed by atoms with Gasteiger partial charge in [-0.1, -0.05) is 13.8 Å². The molecule has 0 N–H and O–H groups in total. The third-order valence-electron chi connectivity index (χ3n) is 3.69. The van der Waals surface area contributed by atoms with E-state index >= 15 is 0 Å². The van der Waals surface area contributed by atoms with Crippen LogP contribution < -0.4 is 0 Å². The van der Waals surface area contributed by atoms with Gasteiger partial charge in [0.25, 0.3) is 0 Å². The second-order valence-corrected chi connectivity index (χ2v) is 5.05. The first-order valence-electron chi connectivity index (χ1n) is 6.95. The van der Waals surface area contributed by atoms with Gasteiger partial charge in [0, 0.05) is 25.0 Å². The quantitative estimate of drug-likeness (QED) is 0.653. The van der Waals surface area contributed by atoms with Gasteiger partial charge in [0.1, 0.15) is 0 Å². The fraction of sp³-hybridized carbons (Fsp3) is 0.929. The van der Waals surface area contributed by atoms with Gasteiger partial charge in [-0.25, -0.2) is 0 Å². The van der Waals surface area contributed by atoms with E-state index < -0.39 is 0 Å². The highest BCUT2D eigenvalue weighted by atomic mass is 16.2. The van der Waals surface area contributed by atoms with Gasteiger partial charge in [0.05, 0.1) is 0 Å². The molecule has 1 amide bonds. The predicted molar refractivity (Wildman–Crippen MR) is 74.2 cm³/mol. The van der Waals surface area contributed by atoms with E-state index in [0.717, 1.165) is 32.6 Å². The Morgan fingerprint density at radius 3 is 1.76 bits per heavy atom. The van der Waals surface area contributed by atoms with Gasteiger partial charge in [0.2, 0.25) is 5.91 Å². The normalized spacial score (nSPS) is 11.9. The maximum atomic E-state index is 12.0. The van der Waals surface area contributed by atoms with Gasteiger partial charge >= 0.3 is 0 Å². The summed E-state index contributed by atoms with van der Waals surface area (Å²) in [5.41, 5.74) is 0.117. The van der Waals surface area contributed by atoms with E-state index in [1.165, 1.54) is 0 Å². The Labute approximate surface area is 107 Å². The van der Waals surface area contributed by atoms with E-state index in [9.17, 15) is 4.79 Å². The molecule has 0 rings (SSSR count). The van der Waals surface area contributed by atoms with E-state index in [1.54, 1.807) is 0 Å². The summed E-state index contributed by atoms with van der Waals surface area (Å²) in [6.07, 6.45) is 1.59.